The zero-order valence-corrected chi connectivity index (χ0v) is 12.0. The Morgan fingerprint density at radius 1 is 0.944 bits per heavy atom. The Hall–Kier alpha value is -1.05. The molecule has 0 amide bonds. The quantitative estimate of drug-likeness (QED) is 0.228. The molecule has 104 valence electrons. The first kappa shape index (κ1) is 16.9. The number of unbranched alkanes of at least 4 members (excludes halogenated alkanes) is 7. The fourth-order valence-corrected chi connectivity index (χ4v) is 1.70. The second-order valence-corrected chi connectivity index (χ2v) is 4.53. The smallest absolute Gasteiger partial charge is 0.330 e. The molecule has 0 saturated heterocycles. The van der Waals surface area contributed by atoms with Gasteiger partial charge in [0.05, 0.1) is 6.61 Å². The van der Waals surface area contributed by atoms with Crippen LogP contribution in [-0.2, 0) is 9.53 Å². The van der Waals surface area contributed by atoms with Gasteiger partial charge in [-0.2, -0.15) is 0 Å². The number of carbonyl (C=O) groups excluding carboxylic acids is 1. The molecule has 0 aromatic carbocycles. The lowest BCUT2D eigenvalue weighted by atomic mass is 10.1. The molecule has 2 heteroatoms. The monoisotopic (exact) mass is 252 g/mol. The second-order valence-electron chi connectivity index (χ2n) is 4.53. The van der Waals surface area contributed by atoms with Crippen LogP contribution < -0.4 is 0 Å². The maximum Gasteiger partial charge on any atom is 0.330 e. The van der Waals surface area contributed by atoms with E-state index in [1.54, 1.807) is 6.08 Å². The van der Waals surface area contributed by atoms with Gasteiger partial charge in [0.25, 0.3) is 0 Å². The highest BCUT2D eigenvalue weighted by molar-refractivity contribution is 5.82. The van der Waals surface area contributed by atoms with Gasteiger partial charge in [-0.05, 0) is 13.3 Å². The zero-order valence-electron chi connectivity index (χ0n) is 12.0. The molecule has 0 aliphatic rings. The van der Waals surface area contributed by atoms with Gasteiger partial charge in [-0.3, -0.25) is 0 Å². The summed E-state index contributed by atoms with van der Waals surface area (Å²) >= 11 is 0. The molecule has 0 atom stereocenters. The third-order valence-electron chi connectivity index (χ3n) is 2.78. The Labute approximate surface area is 112 Å². The molecule has 0 saturated carbocycles. The van der Waals surface area contributed by atoms with Crippen molar-refractivity contribution in [2.75, 3.05) is 6.61 Å². The van der Waals surface area contributed by atoms with Gasteiger partial charge in [-0.1, -0.05) is 70.1 Å². The minimum atomic E-state index is -0.240. The van der Waals surface area contributed by atoms with Gasteiger partial charge < -0.3 is 4.74 Å². The van der Waals surface area contributed by atoms with Crippen LogP contribution >= 0.6 is 0 Å². The van der Waals surface area contributed by atoms with E-state index in [2.05, 4.69) is 6.92 Å². The third-order valence-corrected chi connectivity index (χ3v) is 2.78. The summed E-state index contributed by atoms with van der Waals surface area (Å²) in [7, 11) is 0. The summed E-state index contributed by atoms with van der Waals surface area (Å²) in [4.78, 5) is 11.2. The van der Waals surface area contributed by atoms with Crippen molar-refractivity contribution in [2.24, 2.45) is 0 Å². The van der Waals surface area contributed by atoms with Gasteiger partial charge in [0, 0.05) is 6.08 Å². The topological polar surface area (TPSA) is 26.3 Å². The summed E-state index contributed by atoms with van der Waals surface area (Å²) in [5.41, 5.74) is 0. The van der Waals surface area contributed by atoms with Crippen molar-refractivity contribution in [3.63, 3.8) is 0 Å². The van der Waals surface area contributed by atoms with Crippen LogP contribution in [0.15, 0.2) is 24.3 Å². The second kappa shape index (κ2) is 14.0. The summed E-state index contributed by atoms with van der Waals surface area (Å²) in [5.74, 6) is -0.240. The Bertz CT molecular complexity index is 241. The number of ether oxygens (including phenoxy) is 1. The van der Waals surface area contributed by atoms with Crippen molar-refractivity contribution < 1.29 is 9.53 Å². The molecule has 0 fully saturated rings. The highest BCUT2D eigenvalue weighted by Crippen LogP contribution is 2.08. The fourth-order valence-electron chi connectivity index (χ4n) is 1.70. The van der Waals surface area contributed by atoms with Gasteiger partial charge >= 0.3 is 5.97 Å². The molecule has 0 aliphatic heterocycles. The summed E-state index contributed by atoms with van der Waals surface area (Å²) in [6, 6.07) is 0. The Morgan fingerprint density at radius 3 is 2.17 bits per heavy atom. The van der Waals surface area contributed by atoms with Crippen LogP contribution in [0.4, 0.5) is 0 Å². The Kier molecular flexibility index (Phi) is 13.2. The first-order valence-electron chi connectivity index (χ1n) is 7.27. The predicted octanol–water partition coefficient (Wildman–Crippen LogP) is 4.80. The number of carbonyl (C=O) groups is 1. The molecular formula is C16H28O2. The zero-order chi connectivity index (χ0) is 13.5. The van der Waals surface area contributed by atoms with Crippen molar-refractivity contribution in [2.45, 2.75) is 65.2 Å². The molecule has 0 aromatic rings. The van der Waals surface area contributed by atoms with E-state index in [4.69, 9.17) is 4.74 Å². The molecule has 0 spiro atoms. The highest BCUT2D eigenvalue weighted by Gasteiger charge is 1.96. The number of esters is 1. The number of rotatable bonds is 11. The van der Waals surface area contributed by atoms with E-state index >= 15 is 0 Å². The average Bonchev–Trinajstić information content (AvgIpc) is 2.37. The van der Waals surface area contributed by atoms with Crippen LogP contribution in [0.25, 0.3) is 0 Å². The third kappa shape index (κ3) is 13.0. The lowest BCUT2D eigenvalue weighted by molar-refractivity contribution is -0.137. The van der Waals surface area contributed by atoms with Gasteiger partial charge in [0.1, 0.15) is 0 Å². The van der Waals surface area contributed by atoms with Crippen LogP contribution in [0.3, 0.4) is 0 Å². The minimum Gasteiger partial charge on any atom is -0.463 e. The maximum absolute atomic E-state index is 11.2. The molecular weight excluding hydrogens is 224 g/mol. The fraction of sp³-hybridized carbons (Fsp3) is 0.688. The van der Waals surface area contributed by atoms with Crippen LogP contribution in [0.5, 0.6) is 0 Å². The van der Waals surface area contributed by atoms with E-state index in [1.165, 1.54) is 44.6 Å². The van der Waals surface area contributed by atoms with Crippen LogP contribution in [0.1, 0.15) is 65.2 Å². The van der Waals surface area contributed by atoms with Gasteiger partial charge in [0.15, 0.2) is 0 Å². The number of hydrogen-bond donors (Lipinski definition) is 0. The number of allylic oxidation sites excluding steroid dienone is 3. The van der Waals surface area contributed by atoms with Crippen molar-refractivity contribution in [3.05, 3.63) is 24.3 Å². The number of hydrogen-bond acceptors (Lipinski definition) is 2. The summed E-state index contributed by atoms with van der Waals surface area (Å²) in [5, 5.41) is 0. The van der Waals surface area contributed by atoms with Crippen LogP contribution in [0.2, 0.25) is 0 Å². The SMILES string of the molecule is CC=CC=CC(=O)OCCCCCCCCCC. The molecule has 0 rings (SSSR count). The largest absolute Gasteiger partial charge is 0.463 e. The van der Waals surface area contributed by atoms with Gasteiger partial charge in [-0.15, -0.1) is 0 Å². The van der Waals surface area contributed by atoms with Crippen molar-refractivity contribution >= 4 is 5.97 Å². The van der Waals surface area contributed by atoms with E-state index in [0.29, 0.717) is 6.61 Å². The van der Waals surface area contributed by atoms with E-state index in [-0.39, 0.29) is 5.97 Å². The van der Waals surface area contributed by atoms with Crippen LogP contribution in [0, 0.1) is 0 Å². The molecule has 0 bridgehead atoms. The first-order valence-corrected chi connectivity index (χ1v) is 7.27. The van der Waals surface area contributed by atoms with E-state index in [1.807, 2.05) is 19.1 Å². The Balaban J connectivity index is 3.22. The van der Waals surface area contributed by atoms with Gasteiger partial charge in [0.2, 0.25) is 0 Å². The van der Waals surface area contributed by atoms with Crippen LogP contribution in [-0.4, -0.2) is 12.6 Å². The lowest BCUT2D eigenvalue weighted by Crippen LogP contribution is -2.02. The predicted molar refractivity (Wildman–Crippen MR) is 77.5 cm³/mol. The van der Waals surface area contributed by atoms with Gasteiger partial charge in [-0.25, -0.2) is 4.79 Å². The molecule has 0 N–H and O–H groups in total. The molecule has 0 heterocycles. The van der Waals surface area contributed by atoms with E-state index in [0.717, 1.165) is 12.8 Å². The average molecular weight is 252 g/mol. The summed E-state index contributed by atoms with van der Waals surface area (Å²) in [6.45, 7) is 4.70. The summed E-state index contributed by atoms with van der Waals surface area (Å²) in [6.07, 6.45) is 17.0. The molecule has 0 radical (unpaired) electrons. The molecule has 2 nitrogen and oxygen atoms in total. The first-order chi connectivity index (χ1) is 8.81. The lowest BCUT2D eigenvalue weighted by Gasteiger charge is -2.02. The Morgan fingerprint density at radius 2 is 1.56 bits per heavy atom. The molecule has 0 aliphatic carbocycles. The van der Waals surface area contributed by atoms with E-state index in [9.17, 15) is 4.79 Å². The maximum atomic E-state index is 11.2. The summed E-state index contributed by atoms with van der Waals surface area (Å²) < 4.78 is 5.07. The minimum absolute atomic E-state index is 0.240. The van der Waals surface area contributed by atoms with E-state index < -0.39 is 0 Å². The van der Waals surface area contributed by atoms with Crippen molar-refractivity contribution in [1.82, 2.24) is 0 Å². The molecule has 18 heavy (non-hydrogen) atoms. The standard InChI is InChI=1S/C16H28O2/c1-3-5-7-8-9-10-11-13-15-18-16(17)14-12-6-4-2/h4,6,12,14H,3,5,7-11,13,15H2,1-2H3. The van der Waals surface area contributed by atoms with Crippen molar-refractivity contribution in [1.29, 1.82) is 0 Å². The highest BCUT2D eigenvalue weighted by atomic mass is 16.5. The van der Waals surface area contributed by atoms with Crippen molar-refractivity contribution in [3.8, 4) is 0 Å². The molecule has 0 unspecified atom stereocenters. The normalized spacial score (nSPS) is 11.4. The molecule has 0 aromatic heterocycles.